The molecule has 0 aromatic heterocycles. The Morgan fingerprint density at radius 1 is 1.07 bits per heavy atom. The molecule has 0 atom stereocenters. The predicted octanol–water partition coefficient (Wildman–Crippen LogP) is 0.880. The summed E-state index contributed by atoms with van der Waals surface area (Å²) in [5.41, 5.74) is 0. The zero-order valence-electron chi connectivity index (χ0n) is 7.64. The summed E-state index contributed by atoms with van der Waals surface area (Å²) >= 11 is 0. The standard InChI is InChI=1S/C10H7O3SSi/c11-14(12,13)10-8-4-2-1-3-7(8)5-6-9(10)15/h1-6H,(H,11,12,13). The summed E-state index contributed by atoms with van der Waals surface area (Å²) < 4.78 is 31.5. The van der Waals surface area contributed by atoms with E-state index >= 15 is 0 Å². The van der Waals surface area contributed by atoms with Crippen molar-refractivity contribution in [2.75, 3.05) is 0 Å². The number of hydrogen-bond donors (Lipinski definition) is 1. The molecular formula is C10H7O3SSi. The van der Waals surface area contributed by atoms with E-state index in [0.29, 0.717) is 10.6 Å². The van der Waals surface area contributed by atoms with E-state index in [0.717, 1.165) is 5.39 Å². The maximum absolute atomic E-state index is 11.2. The van der Waals surface area contributed by atoms with Crippen LogP contribution in [0.5, 0.6) is 0 Å². The van der Waals surface area contributed by atoms with Crippen molar-refractivity contribution < 1.29 is 13.0 Å². The first kappa shape index (κ1) is 10.3. The third kappa shape index (κ3) is 1.81. The zero-order chi connectivity index (χ0) is 11.1. The van der Waals surface area contributed by atoms with E-state index in [-0.39, 0.29) is 4.90 Å². The largest absolute Gasteiger partial charge is 0.294 e. The van der Waals surface area contributed by atoms with Gasteiger partial charge in [0.25, 0.3) is 10.1 Å². The molecule has 2 aromatic carbocycles. The van der Waals surface area contributed by atoms with E-state index in [1.54, 1.807) is 30.3 Å². The van der Waals surface area contributed by atoms with Gasteiger partial charge in [0, 0.05) is 5.39 Å². The molecule has 0 aliphatic carbocycles. The number of benzene rings is 2. The third-order valence-corrected chi connectivity index (χ3v) is 3.69. The van der Waals surface area contributed by atoms with Crippen LogP contribution in [0.4, 0.5) is 0 Å². The zero-order valence-corrected chi connectivity index (χ0v) is 9.45. The minimum atomic E-state index is -4.21. The lowest BCUT2D eigenvalue weighted by Crippen LogP contribution is -2.15. The fourth-order valence-corrected chi connectivity index (χ4v) is 2.94. The van der Waals surface area contributed by atoms with Gasteiger partial charge in [0.1, 0.15) is 4.90 Å². The van der Waals surface area contributed by atoms with Crippen LogP contribution in [0.25, 0.3) is 10.8 Å². The molecule has 75 valence electrons. The van der Waals surface area contributed by atoms with Gasteiger partial charge < -0.3 is 0 Å². The van der Waals surface area contributed by atoms with Crippen LogP contribution in [0.1, 0.15) is 0 Å². The Morgan fingerprint density at radius 2 is 1.73 bits per heavy atom. The summed E-state index contributed by atoms with van der Waals surface area (Å²) in [5, 5.41) is 1.64. The first-order chi connectivity index (χ1) is 7.00. The van der Waals surface area contributed by atoms with Crippen LogP contribution >= 0.6 is 0 Å². The van der Waals surface area contributed by atoms with E-state index in [2.05, 4.69) is 10.2 Å². The highest BCUT2D eigenvalue weighted by atomic mass is 32.2. The van der Waals surface area contributed by atoms with Crippen LogP contribution in [-0.4, -0.2) is 23.2 Å². The van der Waals surface area contributed by atoms with E-state index in [1.807, 2.05) is 6.07 Å². The Kier molecular flexibility index (Phi) is 2.38. The van der Waals surface area contributed by atoms with Gasteiger partial charge in [-0.1, -0.05) is 36.4 Å². The van der Waals surface area contributed by atoms with Gasteiger partial charge in [-0.15, -0.1) is 0 Å². The monoisotopic (exact) mass is 235 g/mol. The lowest BCUT2D eigenvalue weighted by Gasteiger charge is -2.06. The van der Waals surface area contributed by atoms with Gasteiger partial charge in [0.2, 0.25) is 0 Å². The molecular weight excluding hydrogens is 228 g/mol. The average Bonchev–Trinajstić information content (AvgIpc) is 2.15. The summed E-state index contributed by atoms with van der Waals surface area (Å²) in [4.78, 5) is -0.0859. The Hall–Kier alpha value is -1.17. The van der Waals surface area contributed by atoms with Gasteiger partial charge in [-0.25, -0.2) is 0 Å². The Labute approximate surface area is 90.9 Å². The molecule has 5 heteroatoms. The van der Waals surface area contributed by atoms with E-state index in [4.69, 9.17) is 4.55 Å². The minimum absolute atomic E-state index is 0.0859. The summed E-state index contributed by atoms with van der Waals surface area (Å²) in [7, 11) is -1.04. The molecule has 2 aromatic rings. The molecule has 0 fully saturated rings. The third-order valence-electron chi connectivity index (χ3n) is 2.14. The lowest BCUT2D eigenvalue weighted by atomic mass is 10.1. The van der Waals surface area contributed by atoms with Gasteiger partial charge in [-0.3, -0.25) is 4.55 Å². The molecule has 0 aliphatic rings. The number of hydrogen-bond acceptors (Lipinski definition) is 2. The van der Waals surface area contributed by atoms with Crippen LogP contribution in [0, 0.1) is 0 Å². The molecule has 0 saturated heterocycles. The quantitative estimate of drug-likeness (QED) is 0.589. The summed E-state index contributed by atoms with van der Waals surface area (Å²) in [5.74, 6) is 0. The molecule has 0 unspecified atom stereocenters. The Bertz CT molecular complexity index is 620. The van der Waals surface area contributed by atoms with Gasteiger partial charge in [-0.2, -0.15) is 8.42 Å². The SMILES string of the molecule is O=S(=O)(O)c1c([Si])ccc2ccccc12. The summed E-state index contributed by atoms with van der Waals surface area (Å²) in [6.07, 6.45) is 0. The van der Waals surface area contributed by atoms with E-state index < -0.39 is 10.1 Å². The van der Waals surface area contributed by atoms with Crippen LogP contribution in [0.15, 0.2) is 41.3 Å². The van der Waals surface area contributed by atoms with Crippen molar-refractivity contribution in [3.05, 3.63) is 36.4 Å². The molecule has 0 amide bonds. The summed E-state index contributed by atoms with van der Waals surface area (Å²) in [6, 6.07) is 10.4. The van der Waals surface area contributed by atoms with Crippen LogP contribution in [0.2, 0.25) is 0 Å². The van der Waals surface area contributed by atoms with Gasteiger partial charge in [0.05, 0.1) is 10.2 Å². The second kappa shape index (κ2) is 3.44. The van der Waals surface area contributed by atoms with E-state index in [9.17, 15) is 8.42 Å². The maximum Gasteiger partial charge on any atom is 0.294 e. The minimum Gasteiger partial charge on any atom is -0.282 e. The molecule has 0 heterocycles. The first-order valence-electron chi connectivity index (χ1n) is 4.21. The highest BCUT2D eigenvalue weighted by molar-refractivity contribution is 7.86. The van der Waals surface area contributed by atoms with Crippen LogP contribution in [-0.2, 0) is 10.1 Å². The predicted molar refractivity (Wildman–Crippen MR) is 59.2 cm³/mol. The molecule has 0 aliphatic heterocycles. The smallest absolute Gasteiger partial charge is 0.282 e. The summed E-state index contributed by atoms with van der Waals surface area (Å²) in [6.45, 7) is 0. The Balaban J connectivity index is 2.99. The lowest BCUT2D eigenvalue weighted by molar-refractivity contribution is 0.485. The molecule has 3 radical (unpaired) electrons. The van der Waals surface area contributed by atoms with Crippen molar-refractivity contribution in [1.82, 2.24) is 0 Å². The molecule has 0 bridgehead atoms. The molecule has 3 nitrogen and oxygen atoms in total. The van der Waals surface area contributed by atoms with Crippen LogP contribution in [0.3, 0.4) is 0 Å². The highest BCUT2D eigenvalue weighted by Gasteiger charge is 2.16. The topological polar surface area (TPSA) is 54.4 Å². The molecule has 0 saturated carbocycles. The maximum atomic E-state index is 11.2. The highest BCUT2D eigenvalue weighted by Crippen LogP contribution is 2.20. The van der Waals surface area contributed by atoms with Crippen molar-refractivity contribution in [2.24, 2.45) is 0 Å². The molecule has 15 heavy (non-hydrogen) atoms. The van der Waals surface area contributed by atoms with Crippen molar-refractivity contribution >= 4 is 36.3 Å². The van der Waals surface area contributed by atoms with Crippen molar-refractivity contribution in [3.63, 3.8) is 0 Å². The second-order valence-electron chi connectivity index (χ2n) is 3.14. The van der Waals surface area contributed by atoms with Crippen molar-refractivity contribution in [2.45, 2.75) is 4.90 Å². The van der Waals surface area contributed by atoms with Gasteiger partial charge in [0.15, 0.2) is 0 Å². The van der Waals surface area contributed by atoms with Crippen LogP contribution < -0.4 is 5.19 Å². The van der Waals surface area contributed by atoms with Gasteiger partial charge in [-0.05, 0) is 10.6 Å². The van der Waals surface area contributed by atoms with Gasteiger partial charge >= 0.3 is 0 Å². The normalized spacial score (nSPS) is 11.9. The number of fused-ring (bicyclic) bond motifs is 1. The second-order valence-corrected chi connectivity index (χ2v) is 5.04. The van der Waals surface area contributed by atoms with Crippen molar-refractivity contribution in [1.29, 1.82) is 0 Å². The van der Waals surface area contributed by atoms with Crippen molar-refractivity contribution in [3.8, 4) is 0 Å². The average molecular weight is 235 g/mol. The molecule has 2 rings (SSSR count). The molecule has 0 spiro atoms. The fourth-order valence-electron chi connectivity index (χ4n) is 1.52. The fraction of sp³-hybridized carbons (Fsp3) is 0. The first-order valence-corrected chi connectivity index (χ1v) is 6.15. The number of rotatable bonds is 1. The Morgan fingerprint density at radius 3 is 2.40 bits per heavy atom. The molecule has 1 N–H and O–H groups in total. The van der Waals surface area contributed by atoms with E-state index in [1.165, 1.54) is 0 Å².